The van der Waals surface area contributed by atoms with Gasteiger partial charge in [0.1, 0.15) is 5.78 Å². The zero-order valence-corrected chi connectivity index (χ0v) is 12.3. The molecule has 0 saturated heterocycles. The SMILES string of the molecule is CCC(C)SCC(=O)Cc1ccc(Cl)cc1Cl. The Labute approximate surface area is 117 Å². The van der Waals surface area contributed by atoms with Crippen LogP contribution in [0.2, 0.25) is 10.0 Å². The van der Waals surface area contributed by atoms with Gasteiger partial charge in [0.05, 0.1) is 5.75 Å². The van der Waals surface area contributed by atoms with E-state index in [0.29, 0.717) is 27.5 Å². The van der Waals surface area contributed by atoms with Crippen molar-refractivity contribution in [1.29, 1.82) is 0 Å². The van der Waals surface area contributed by atoms with E-state index in [1.807, 2.05) is 6.07 Å². The van der Waals surface area contributed by atoms with E-state index in [9.17, 15) is 4.79 Å². The van der Waals surface area contributed by atoms with Crippen LogP contribution in [0.5, 0.6) is 0 Å². The molecule has 1 aromatic rings. The molecule has 17 heavy (non-hydrogen) atoms. The van der Waals surface area contributed by atoms with Gasteiger partial charge in [-0.2, -0.15) is 11.8 Å². The molecule has 0 radical (unpaired) electrons. The van der Waals surface area contributed by atoms with E-state index in [4.69, 9.17) is 23.2 Å². The summed E-state index contributed by atoms with van der Waals surface area (Å²) in [4.78, 5) is 11.8. The van der Waals surface area contributed by atoms with Gasteiger partial charge in [-0.15, -0.1) is 0 Å². The number of Topliss-reactive ketones (excluding diaryl/α,β-unsaturated/α-hetero) is 1. The van der Waals surface area contributed by atoms with Gasteiger partial charge < -0.3 is 0 Å². The van der Waals surface area contributed by atoms with Crippen molar-refractivity contribution in [2.75, 3.05) is 5.75 Å². The lowest BCUT2D eigenvalue weighted by molar-refractivity contribution is -0.116. The highest BCUT2D eigenvalue weighted by Gasteiger charge is 2.09. The van der Waals surface area contributed by atoms with Gasteiger partial charge in [0.15, 0.2) is 0 Å². The Bertz CT molecular complexity index is 393. The largest absolute Gasteiger partial charge is 0.298 e. The molecule has 0 amide bonds. The molecule has 0 aliphatic heterocycles. The fraction of sp³-hybridized carbons (Fsp3) is 0.462. The van der Waals surface area contributed by atoms with Gasteiger partial charge in [0.25, 0.3) is 0 Å². The van der Waals surface area contributed by atoms with Gasteiger partial charge in [-0.3, -0.25) is 4.79 Å². The first-order valence-corrected chi connectivity index (χ1v) is 7.40. The first-order chi connectivity index (χ1) is 8.02. The number of benzene rings is 1. The lowest BCUT2D eigenvalue weighted by Crippen LogP contribution is -2.08. The molecule has 0 saturated carbocycles. The summed E-state index contributed by atoms with van der Waals surface area (Å²) in [5.74, 6) is 0.757. The fourth-order valence-corrected chi connectivity index (χ4v) is 2.57. The van der Waals surface area contributed by atoms with E-state index < -0.39 is 0 Å². The van der Waals surface area contributed by atoms with Crippen molar-refractivity contribution in [3.8, 4) is 0 Å². The number of hydrogen-bond acceptors (Lipinski definition) is 2. The number of halogens is 2. The van der Waals surface area contributed by atoms with Gasteiger partial charge in [0, 0.05) is 21.7 Å². The summed E-state index contributed by atoms with van der Waals surface area (Å²) in [6, 6.07) is 5.25. The van der Waals surface area contributed by atoms with E-state index in [2.05, 4.69) is 13.8 Å². The van der Waals surface area contributed by atoms with Crippen LogP contribution >= 0.6 is 35.0 Å². The van der Waals surface area contributed by atoms with Crippen LogP contribution < -0.4 is 0 Å². The number of hydrogen-bond donors (Lipinski definition) is 0. The van der Waals surface area contributed by atoms with Crippen LogP contribution in [0.4, 0.5) is 0 Å². The van der Waals surface area contributed by atoms with Crippen molar-refractivity contribution in [2.24, 2.45) is 0 Å². The monoisotopic (exact) mass is 290 g/mol. The van der Waals surface area contributed by atoms with E-state index in [1.54, 1.807) is 23.9 Å². The topological polar surface area (TPSA) is 17.1 Å². The Balaban J connectivity index is 2.50. The zero-order chi connectivity index (χ0) is 12.8. The summed E-state index contributed by atoms with van der Waals surface area (Å²) < 4.78 is 0. The van der Waals surface area contributed by atoms with Crippen molar-refractivity contribution in [3.05, 3.63) is 33.8 Å². The summed E-state index contributed by atoms with van der Waals surface area (Å²) in [7, 11) is 0. The molecule has 4 heteroatoms. The van der Waals surface area contributed by atoms with Crippen LogP contribution in [0, 0.1) is 0 Å². The van der Waals surface area contributed by atoms with E-state index in [0.717, 1.165) is 12.0 Å². The molecule has 0 aliphatic rings. The second-order valence-electron chi connectivity index (χ2n) is 3.98. The minimum Gasteiger partial charge on any atom is -0.298 e. The van der Waals surface area contributed by atoms with E-state index >= 15 is 0 Å². The molecular formula is C13H16Cl2OS. The second kappa shape index (κ2) is 7.30. The maximum atomic E-state index is 11.8. The second-order valence-corrected chi connectivity index (χ2v) is 6.25. The Kier molecular flexibility index (Phi) is 6.39. The van der Waals surface area contributed by atoms with Crippen molar-refractivity contribution in [2.45, 2.75) is 31.9 Å². The molecule has 1 atom stereocenters. The number of carbonyl (C=O) groups excluding carboxylic acids is 1. The van der Waals surface area contributed by atoms with Gasteiger partial charge in [0.2, 0.25) is 0 Å². The summed E-state index contributed by atoms with van der Waals surface area (Å²) in [6.45, 7) is 4.26. The summed E-state index contributed by atoms with van der Waals surface area (Å²) in [5, 5.41) is 1.69. The molecule has 1 unspecified atom stereocenters. The van der Waals surface area contributed by atoms with Gasteiger partial charge in [-0.1, -0.05) is 43.1 Å². The molecule has 1 aromatic carbocycles. The zero-order valence-electron chi connectivity index (χ0n) is 10.0. The molecule has 0 N–H and O–H groups in total. The van der Waals surface area contributed by atoms with Crippen LogP contribution in [-0.4, -0.2) is 16.8 Å². The highest BCUT2D eigenvalue weighted by Crippen LogP contribution is 2.22. The summed E-state index contributed by atoms with van der Waals surface area (Å²) in [6.07, 6.45) is 1.47. The third-order valence-electron chi connectivity index (χ3n) is 2.51. The fourth-order valence-electron chi connectivity index (χ4n) is 1.28. The standard InChI is InChI=1S/C13H16Cl2OS/c1-3-9(2)17-8-12(16)6-10-4-5-11(14)7-13(10)15/h4-5,7,9H,3,6,8H2,1-2H3. The smallest absolute Gasteiger partial charge is 0.147 e. The van der Waals surface area contributed by atoms with Crippen LogP contribution in [0.25, 0.3) is 0 Å². The minimum atomic E-state index is 0.208. The van der Waals surface area contributed by atoms with Crippen molar-refractivity contribution >= 4 is 40.7 Å². The highest BCUT2D eigenvalue weighted by molar-refractivity contribution is 8.00. The Morgan fingerprint density at radius 2 is 2.12 bits per heavy atom. The van der Waals surface area contributed by atoms with Crippen molar-refractivity contribution in [3.63, 3.8) is 0 Å². The minimum absolute atomic E-state index is 0.208. The predicted molar refractivity (Wildman–Crippen MR) is 77.4 cm³/mol. The molecule has 0 heterocycles. The molecule has 0 aromatic heterocycles. The Morgan fingerprint density at radius 1 is 1.41 bits per heavy atom. The van der Waals surface area contributed by atoms with Crippen LogP contribution in [-0.2, 0) is 11.2 Å². The molecule has 0 spiro atoms. The Morgan fingerprint density at radius 3 is 2.71 bits per heavy atom. The first kappa shape index (κ1) is 14.9. The number of thioether (sulfide) groups is 1. The van der Waals surface area contributed by atoms with Crippen LogP contribution in [0.15, 0.2) is 18.2 Å². The Hall–Kier alpha value is -0.180. The quantitative estimate of drug-likeness (QED) is 0.759. The normalized spacial score (nSPS) is 12.5. The van der Waals surface area contributed by atoms with E-state index in [1.165, 1.54) is 0 Å². The molecule has 94 valence electrons. The maximum absolute atomic E-state index is 11.8. The molecule has 0 fully saturated rings. The highest BCUT2D eigenvalue weighted by atomic mass is 35.5. The molecule has 0 aliphatic carbocycles. The number of rotatable bonds is 6. The third kappa shape index (κ3) is 5.33. The molecule has 0 bridgehead atoms. The van der Waals surface area contributed by atoms with Crippen molar-refractivity contribution in [1.82, 2.24) is 0 Å². The first-order valence-electron chi connectivity index (χ1n) is 5.60. The average Bonchev–Trinajstić information content (AvgIpc) is 2.29. The van der Waals surface area contributed by atoms with Crippen molar-refractivity contribution < 1.29 is 4.79 Å². The van der Waals surface area contributed by atoms with Crippen LogP contribution in [0.1, 0.15) is 25.8 Å². The third-order valence-corrected chi connectivity index (χ3v) is 4.48. The molecular weight excluding hydrogens is 275 g/mol. The van der Waals surface area contributed by atoms with E-state index in [-0.39, 0.29) is 5.78 Å². The lowest BCUT2D eigenvalue weighted by atomic mass is 10.1. The van der Waals surface area contributed by atoms with Gasteiger partial charge in [-0.25, -0.2) is 0 Å². The summed E-state index contributed by atoms with van der Waals surface area (Å²) in [5.41, 5.74) is 0.853. The molecule has 1 rings (SSSR count). The van der Waals surface area contributed by atoms with Crippen LogP contribution in [0.3, 0.4) is 0 Å². The average molecular weight is 291 g/mol. The number of ketones is 1. The maximum Gasteiger partial charge on any atom is 0.147 e. The number of carbonyl (C=O) groups is 1. The lowest BCUT2D eigenvalue weighted by Gasteiger charge is -2.08. The van der Waals surface area contributed by atoms with Gasteiger partial charge in [-0.05, 0) is 24.1 Å². The predicted octanol–water partition coefficient (Wildman–Crippen LogP) is 4.64. The summed E-state index contributed by atoms with van der Waals surface area (Å²) >= 11 is 13.5. The molecule has 1 nitrogen and oxygen atoms in total. The van der Waals surface area contributed by atoms with Gasteiger partial charge >= 0.3 is 0 Å².